The minimum absolute atomic E-state index is 0.0341. The summed E-state index contributed by atoms with van der Waals surface area (Å²) in [5.41, 5.74) is 3.28. The molecule has 0 aliphatic rings. The van der Waals surface area contributed by atoms with E-state index in [4.69, 9.17) is 19.1 Å². The molecular formula is C24H30N4O6. The molecule has 0 saturated heterocycles. The second-order valence-corrected chi connectivity index (χ2v) is 8.30. The number of hydrogen-bond donors (Lipinski definition) is 3. The molecule has 0 spiro atoms. The summed E-state index contributed by atoms with van der Waals surface area (Å²) in [6.07, 6.45) is -0.0849. The Morgan fingerprint density at radius 2 is 2.00 bits per heavy atom. The molecule has 0 fully saturated rings. The minimum Gasteiger partial charge on any atom is -0.496 e. The first kappa shape index (κ1) is 25.1. The van der Waals surface area contributed by atoms with Crippen LogP contribution in [0.1, 0.15) is 25.2 Å². The summed E-state index contributed by atoms with van der Waals surface area (Å²) in [5.74, 6) is 1.60. The van der Waals surface area contributed by atoms with Gasteiger partial charge in [-0.15, -0.1) is 0 Å². The number of carbonyl (C=O) groups is 1. The Balaban J connectivity index is 1.74. The lowest BCUT2D eigenvalue weighted by Gasteiger charge is -2.14. The number of nitrogens with zero attached hydrogens (tertiary/aromatic N) is 3. The predicted molar refractivity (Wildman–Crippen MR) is 124 cm³/mol. The Morgan fingerprint density at radius 3 is 2.71 bits per heavy atom. The van der Waals surface area contributed by atoms with Gasteiger partial charge in [-0.25, -0.2) is 0 Å². The van der Waals surface area contributed by atoms with E-state index in [9.17, 15) is 9.90 Å². The number of nitrogens with one attached hydrogen (secondary N) is 1. The summed E-state index contributed by atoms with van der Waals surface area (Å²) < 4.78 is 16.6. The van der Waals surface area contributed by atoms with E-state index in [0.717, 1.165) is 23.4 Å². The maximum atomic E-state index is 11.1. The standard InChI is InChI=1S/C24H30N4O6/c1-14(2)7-17-9-16(8-15(3)26-17)24-27-23(28-34-24)20-6-5-19(10-21(20)32-4)33-13-18(30)11-25-22(31)12-29/h5-6,8-10,14,18,29-30H,7,11-13H2,1-4H3,(H,25,31)/t18-/m1/s1. The smallest absolute Gasteiger partial charge is 0.258 e. The van der Waals surface area contributed by atoms with E-state index >= 15 is 0 Å². The number of aliphatic hydroxyl groups excluding tert-OH is 2. The Morgan fingerprint density at radius 1 is 1.21 bits per heavy atom. The summed E-state index contributed by atoms with van der Waals surface area (Å²) in [6, 6.07) is 8.97. The van der Waals surface area contributed by atoms with Crippen molar-refractivity contribution in [2.24, 2.45) is 5.92 Å². The number of carbonyl (C=O) groups excluding carboxylic acids is 1. The van der Waals surface area contributed by atoms with Gasteiger partial charge in [0.05, 0.1) is 12.7 Å². The normalized spacial score (nSPS) is 12.0. The van der Waals surface area contributed by atoms with Crippen molar-refractivity contribution in [2.75, 3.05) is 26.9 Å². The van der Waals surface area contributed by atoms with Gasteiger partial charge >= 0.3 is 0 Å². The number of aryl methyl sites for hydroxylation is 1. The summed E-state index contributed by atoms with van der Waals surface area (Å²) >= 11 is 0. The zero-order valence-electron chi connectivity index (χ0n) is 19.7. The predicted octanol–water partition coefficient (Wildman–Crippen LogP) is 2.16. The van der Waals surface area contributed by atoms with Crippen LogP contribution in [0.15, 0.2) is 34.9 Å². The van der Waals surface area contributed by atoms with Crippen molar-refractivity contribution >= 4 is 5.91 Å². The van der Waals surface area contributed by atoms with Crippen molar-refractivity contribution in [1.82, 2.24) is 20.4 Å². The second kappa shape index (κ2) is 11.6. The molecule has 1 aromatic carbocycles. The zero-order chi connectivity index (χ0) is 24.7. The van der Waals surface area contributed by atoms with Gasteiger partial charge in [-0.05, 0) is 43.5 Å². The highest BCUT2D eigenvalue weighted by Gasteiger charge is 2.17. The third-order valence-corrected chi connectivity index (χ3v) is 4.83. The van der Waals surface area contributed by atoms with Crippen LogP contribution < -0.4 is 14.8 Å². The molecule has 0 unspecified atom stereocenters. The van der Waals surface area contributed by atoms with Crippen LogP contribution in [0.3, 0.4) is 0 Å². The van der Waals surface area contributed by atoms with Crippen LogP contribution in [0.4, 0.5) is 0 Å². The van der Waals surface area contributed by atoms with Gasteiger partial charge in [0, 0.05) is 29.6 Å². The molecular weight excluding hydrogens is 440 g/mol. The highest BCUT2D eigenvalue weighted by molar-refractivity contribution is 5.76. The first-order valence-electron chi connectivity index (χ1n) is 11.0. The van der Waals surface area contributed by atoms with Crippen LogP contribution in [-0.2, 0) is 11.2 Å². The Hall–Kier alpha value is -3.50. The van der Waals surface area contributed by atoms with E-state index < -0.39 is 18.6 Å². The summed E-state index contributed by atoms with van der Waals surface area (Å²) in [4.78, 5) is 20.2. The van der Waals surface area contributed by atoms with Crippen LogP contribution in [0.5, 0.6) is 11.5 Å². The van der Waals surface area contributed by atoms with E-state index in [1.54, 1.807) is 18.2 Å². The largest absolute Gasteiger partial charge is 0.496 e. The zero-order valence-corrected chi connectivity index (χ0v) is 19.7. The quantitative estimate of drug-likeness (QED) is 0.384. The third-order valence-electron chi connectivity index (χ3n) is 4.83. The summed E-state index contributed by atoms with van der Waals surface area (Å²) in [7, 11) is 1.52. The average molecular weight is 471 g/mol. The molecule has 10 heteroatoms. The molecule has 1 atom stereocenters. The number of methoxy groups -OCH3 is 1. The van der Waals surface area contributed by atoms with Crippen LogP contribution in [-0.4, -0.2) is 64.2 Å². The van der Waals surface area contributed by atoms with Crippen molar-refractivity contribution in [3.63, 3.8) is 0 Å². The van der Waals surface area contributed by atoms with Crippen molar-refractivity contribution in [1.29, 1.82) is 0 Å². The van der Waals surface area contributed by atoms with Crippen LogP contribution >= 0.6 is 0 Å². The molecule has 34 heavy (non-hydrogen) atoms. The lowest BCUT2D eigenvalue weighted by Crippen LogP contribution is -2.36. The highest BCUT2D eigenvalue weighted by atomic mass is 16.5. The van der Waals surface area contributed by atoms with Gasteiger partial charge in [-0.3, -0.25) is 9.78 Å². The van der Waals surface area contributed by atoms with Gasteiger partial charge in [-0.1, -0.05) is 19.0 Å². The number of benzene rings is 1. The molecule has 10 nitrogen and oxygen atoms in total. The van der Waals surface area contributed by atoms with E-state index in [0.29, 0.717) is 34.7 Å². The summed E-state index contributed by atoms with van der Waals surface area (Å²) in [6.45, 7) is 5.50. The van der Waals surface area contributed by atoms with Crippen molar-refractivity contribution in [3.8, 4) is 34.3 Å². The number of aliphatic hydroxyl groups is 2. The van der Waals surface area contributed by atoms with E-state index in [1.165, 1.54) is 7.11 Å². The number of hydrogen-bond acceptors (Lipinski definition) is 9. The maximum absolute atomic E-state index is 11.1. The molecule has 0 radical (unpaired) electrons. The topological polar surface area (TPSA) is 140 Å². The molecule has 2 heterocycles. The molecule has 0 saturated carbocycles. The molecule has 182 valence electrons. The Kier molecular flexibility index (Phi) is 8.55. The molecule has 2 aromatic heterocycles. The lowest BCUT2D eigenvalue weighted by atomic mass is 10.1. The average Bonchev–Trinajstić information content (AvgIpc) is 3.30. The van der Waals surface area contributed by atoms with Gasteiger partial charge in [-0.2, -0.15) is 4.98 Å². The van der Waals surface area contributed by atoms with Crippen molar-refractivity contribution < 1.29 is 29.0 Å². The fourth-order valence-electron chi connectivity index (χ4n) is 3.32. The van der Waals surface area contributed by atoms with Gasteiger partial charge in [0.1, 0.15) is 30.8 Å². The Bertz CT molecular complexity index is 1110. The highest BCUT2D eigenvalue weighted by Crippen LogP contribution is 2.33. The Labute approximate surface area is 197 Å². The van der Waals surface area contributed by atoms with Gasteiger partial charge < -0.3 is 29.5 Å². The van der Waals surface area contributed by atoms with Gasteiger partial charge in [0.2, 0.25) is 11.7 Å². The molecule has 1 amide bonds. The molecule has 3 N–H and O–H groups in total. The third kappa shape index (κ3) is 6.75. The SMILES string of the molecule is COc1cc(OC[C@H](O)CNC(=O)CO)ccc1-c1noc(-c2cc(C)nc(CC(C)C)c2)n1. The number of aromatic nitrogens is 3. The molecule has 0 bridgehead atoms. The van der Waals surface area contributed by atoms with Crippen molar-refractivity contribution in [3.05, 3.63) is 41.7 Å². The van der Waals surface area contributed by atoms with Crippen molar-refractivity contribution in [2.45, 2.75) is 33.3 Å². The number of amides is 1. The molecule has 3 rings (SSSR count). The second-order valence-electron chi connectivity index (χ2n) is 8.30. The summed E-state index contributed by atoms with van der Waals surface area (Å²) in [5, 5.41) is 25.1. The minimum atomic E-state index is -0.939. The fourth-order valence-corrected chi connectivity index (χ4v) is 3.32. The molecule has 0 aliphatic heterocycles. The van der Waals surface area contributed by atoms with Crippen LogP contribution in [0.25, 0.3) is 22.8 Å². The van der Waals surface area contributed by atoms with E-state index in [2.05, 4.69) is 34.3 Å². The fraction of sp³-hybridized carbons (Fsp3) is 0.417. The first-order chi connectivity index (χ1) is 16.3. The number of ether oxygens (including phenoxy) is 2. The van der Waals surface area contributed by atoms with E-state index in [-0.39, 0.29) is 13.2 Å². The maximum Gasteiger partial charge on any atom is 0.258 e. The van der Waals surface area contributed by atoms with E-state index in [1.807, 2.05) is 19.1 Å². The molecule has 3 aromatic rings. The number of rotatable bonds is 11. The van der Waals surface area contributed by atoms with Gasteiger partial charge in [0.15, 0.2) is 0 Å². The van der Waals surface area contributed by atoms with Crippen LogP contribution in [0, 0.1) is 12.8 Å². The van der Waals surface area contributed by atoms with Crippen LogP contribution in [0.2, 0.25) is 0 Å². The number of pyridine rings is 1. The lowest BCUT2D eigenvalue weighted by molar-refractivity contribution is -0.124. The first-order valence-corrected chi connectivity index (χ1v) is 11.0. The molecule has 0 aliphatic carbocycles. The van der Waals surface area contributed by atoms with Gasteiger partial charge in [0.25, 0.3) is 5.89 Å². The monoisotopic (exact) mass is 470 g/mol.